The van der Waals surface area contributed by atoms with Gasteiger partial charge in [-0.05, 0) is 31.4 Å². The summed E-state index contributed by atoms with van der Waals surface area (Å²) in [4.78, 5) is 12.1. The Bertz CT molecular complexity index is 351. The third-order valence-electron chi connectivity index (χ3n) is 3.28. The molecule has 1 fully saturated rings. The van der Waals surface area contributed by atoms with Gasteiger partial charge in [-0.15, -0.1) is 6.58 Å². The first kappa shape index (κ1) is 10.2. The second-order valence-corrected chi connectivity index (χ2v) is 4.18. The van der Waals surface area contributed by atoms with Gasteiger partial charge in [-0.25, -0.2) is 0 Å². The number of hydrogen-bond acceptors (Lipinski definition) is 2. The Morgan fingerprint density at radius 3 is 3.00 bits per heavy atom. The van der Waals surface area contributed by atoms with Crippen molar-refractivity contribution < 1.29 is 9.21 Å². The Morgan fingerprint density at radius 2 is 2.40 bits per heavy atom. The lowest BCUT2D eigenvalue weighted by atomic mass is 9.69. The average molecular weight is 204 g/mol. The van der Waals surface area contributed by atoms with Gasteiger partial charge in [-0.2, -0.15) is 0 Å². The van der Waals surface area contributed by atoms with Gasteiger partial charge in [0.15, 0.2) is 0 Å². The molecule has 2 heteroatoms. The molecule has 1 aliphatic rings. The van der Waals surface area contributed by atoms with E-state index in [0.29, 0.717) is 18.6 Å². The lowest BCUT2D eigenvalue weighted by Gasteiger charge is -2.32. The molecular formula is C13H16O2. The van der Waals surface area contributed by atoms with E-state index in [1.165, 1.54) is 0 Å². The van der Waals surface area contributed by atoms with Crippen molar-refractivity contribution in [2.75, 3.05) is 0 Å². The van der Waals surface area contributed by atoms with Gasteiger partial charge in [0.05, 0.1) is 11.7 Å². The van der Waals surface area contributed by atoms with E-state index in [4.69, 9.17) is 4.42 Å². The average Bonchev–Trinajstić information content (AvgIpc) is 2.75. The van der Waals surface area contributed by atoms with Crippen LogP contribution in [0.25, 0.3) is 0 Å². The largest absolute Gasteiger partial charge is 0.468 e. The monoisotopic (exact) mass is 204 g/mol. The van der Waals surface area contributed by atoms with Crippen LogP contribution in [-0.2, 0) is 10.2 Å². The van der Waals surface area contributed by atoms with E-state index in [0.717, 1.165) is 25.0 Å². The Labute approximate surface area is 90.0 Å². The summed E-state index contributed by atoms with van der Waals surface area (Å²) in [7, 11) is 0. The van der Waals surface area contributed by atoms with Crippen molar-refractivity contribution in [1.82, 2.24) is 0 Å². The highest BCUT2D eigenvalue weighted by Crippen LogP contribution is 2.40. The number of carbonyl (C=O) groups is 1. The highest BCUT2D eigenvalue weighted by molar-refractivity contribution is 5.90. The number of allylic oxidation sites excluding steroid dienone is 1. The van der Waals surface area contributed by atoms with E-state index in [1.54, 1.807) is 6.26 Å². The number of hydrogen-bond donors (Lipinski definition) is 0. The third-order valence-corrected chi connectivity index (χ3v) is 3.28. The molecule has 15 heavy (non-hydrogen) atoms. The molecule has 0 radical (unpaired) electrons. The van der Waals surface area contributed by atoms with Crippen LogP contribution in [0.2, 0.25) is 0 Å². The summed E-state index contributed by atoms with van der Waals surface area (Å²) in [6.45, 7) is 3.75. The van der Waals surface area contributed by atoms with E-state index in [-0.39, 0.29) is 0 Å². The summed E-state index contributed by atoms with van der Waals surface area (Å²) in [6.07, 6.45) is 7.84. The van der Waals surface area contributed by atoms with Gasteiger partial charge in [-0.1, -0.05) is 12.5 Å². The van der Waals surface area contributed by atoms with Crippen LogP contribution in [0.15, 0.2) is 35.5 Å². The number of Topliss-reactive ketones (excluding diaryl/α,β-unsaturated/α-hetero) is 1. The van der Waals surface area contributed by atoms with Crippen LogP contribution in [0.4, 0.5) is 0 Å². The molecule has 0 amide bonds. The molecule has 2 nitrogen and oxygen atoms in total. The molecule has 1 aromatic heterocycles. The topological polar surface area (TPSA) is 30.2 Å². The fourth-order valence-electron chi connectivity index (χ4n) is 2.47. The lowest BCUT2D eigenvalue weighted by molar-refractivity contribution is -0.127. The number of furan rings is 1. The highest BCUT2D eigenvalue weighted by atomic mass is 16.3. The molecule has 2 rings (SSSR count). The van der Waals surface area contributed by atoms with E-state index < -0.39 is 5.41 Å². The van der Waals surface area contributed by atoms with Crippen LogP contribution in [0, 0.1) is 0 Å². The van der Waals surface area contributed by atoms with E-state index >= 15 is 0 Å². The molecule has 0 aliphatic heterocycles. The zero-order valence-corrected chi connectivity index (χ0v) is 8.87. The van der Waals surface area contributed by atoms with Gasteiger partial charge in [0.2, 0.25) is 0 Å². The number of rotatable bonds is 3. The highest BCUT2D eigenvalue weighted by Gasteiger charge is 2.42. The van der Waals surface area contributed by atoms with Gasteiger partial charge < -0.3 is 4.42 Å². The molecule has 0 spiro atoms. The molecular weight excluding hydrogens is 188 g/mol. The van der Waals surface area contributed by atoms with Crippen molar-refractivity contribution in [3.05, 3.63) is 36.8 Å². The maximum atomic E-state index is 12.1. The Kier molecular flexibility index (Phi) is 2.76. The fraction of sp³-hybridized carbons (Fsp3) is 0.462. The summed E-state index contributed by atoms with van der Waals surface area (Å²) in [6, 6.07) is 3.76. The minimum atomic E-state index is -0.413. The Morgan fingerprint density at radius 1 is 1.53 bits per heavy atom. The van der Waals surface area contributed by atoms with Crippen LogP contribution in [-0.4, -0.2) is 5.78 Å². The van der Waals surface area contributed by atoms with Crippen molar-refractivity contribution >= 4 is 5.78 Å². The lowest BCUT2D eigenvalue weighted by Crippen LogP contribution is -2.37. The minimum absolute atomic E-state index is 0.309. The molecule has 1 saturated carbocycles. The van der Waals surface area contributed by atoms with Crippen LogP contribution >= 0.6 is 0 Å². The molecule has 1 aliphatic carbocycles. The zero-order valence-electron chi connectivity index (χ0n) is 8.87. The predicted molar refractivity (Wildman–Crippen MR) is 58.7 cm³/mol. The fourth-order valence-corrected chi connectivity index (χ4v) is 2.47. The van der Waals surface area contributed by atoms with Crippen molar-refractivity contribution in [3.8, 4) is 0 Å². The Hall–Kier alpha value is -1.31. The van der Waals surface area contributed by atoms with E-state index in [9.17, 15) is 4.79 Å². The van der Waals surface area contributed by atoms with E-state index in [1.807, 2.05) is 18.2 Å². The minimum Gasteiger partial charge on any atom is -0.468 e. The molecule has 0 bridgehead atoms. The molecule has 1 heterocycles. The van der Waals surface area contributed by atoms with Gasteiger partial charge in [0.25, 0.3) is 0 Å². The van der Waals surface area contributed by atoms with Gasteiger partial charge in [-0.3, -0.25) is 4.79 Å². The van der Waals surface area contributed by atoms with Crippen LogP contribution in [0.5, 0.6) is 0 Å². The summed E-state index contributed by atoms with van der Waals surface area (Å²) in [5.74, 6) is 1.12. The van der Waals surface area contributed by atoms with Gasteiger partial charge in [0.1, 0.15) is 11.5 Å². The van der Waals surface area contributed by atoms with E-state index in [2.05, 4.69) is 6.58 Å². The molecule has 80 valence electrons. The predicted octanol–water partition coefficient (Wildman–Crippen LogP) is 3.24. The van der Waals surface area contributed by atoms with Gasteiger partial charge >= 0.3 is 0 Å². The summed E-state index contributed by atoms with van der Waals surface area (Å²) in [5.41, 5.74) is -0.413. The van der Waals surface area contributed by atoms with Crippen molar-refractivity contribution in [2.45, 2.75) is 37.5 Å². The van der Waals surface area contributed by atoms with Crippen molar-refractivity contribution in [3.63, 3.8) is 0 Å². The molecule has 0 N–H and O–H groups in total. The maximum absolute atomic E-state index is 12.1. The zero-order chi connectivity index (χ0) is 10.7. The normalized spacial score (nSPS) is 26.5. The summed E-state index contributed by atoms with van der Waals surface area (Å²) >= 11 is 0. The second-order valence-electron chi connectivity index (χ2n) is 4.18. The third kappa shape index (κ3) is 1.65. The molecule has 0 saturated heterocycles. The van der Waals surface area contributed by atoms with Crippen molar-refractivity contribution in [1.29, 1.82) is 0 Å². The summed E-state index contributed by atoms with van der Waals surface area (Å²) < 4.78 is 5.43. The Balaban J connectivity index is 2.38. The smallest absolute Gasteiger partial charge is 0.146 e. The number of carbonyl (C=O) groups excluding carboxylic acids is 1. The quantitative estimate of drug-likeness (QED) is 0.707. The van der Waals surface area contributed by atoms with Crippen molar-refractivity contribution in [2.24, 2.45) is 0 Å². The first-order valence-electron chi connectivity index (χ1n) is 5.48. The first-order chi connectivity index (χ1) is 7.29. The maximum Gasteiger partial charge on any atom is 0.146 e. The molecule has 0 unspecified atom stereocenters. The van der Waals surface area contributed by atoms with Crippen LogP contribution in [0.3, 0.4) is 0 Å². The standard InChI is InChI=1S/C13H16O2/c1-2-8-13(12-7-5-10-15-12)9-4-3-6-11(13)14/h2,5,7,10H,1,3-4,6,8-9H2/t13-/m1/s1. The first-order valence-corrected chi connectivity index (χ1v) is 5.48. The second kappa shape index (κ2) is 4.05. The van der Waals surface area contributed by atoms with Crippen LogP contribution < -0.4 is 0 Å². The number of ketones is 1. The van der Waals surface area contributed by atoms with Crippen LogP contribution in [0.1, 0.15) is 37.9 Å². The molecule has 0 aromatic carbocycles. The van der Waals surface area contributed by atoms with Gasteiger partial charge in [0, 0.05) is 6.42 Å². The molecule has 1 aromatic rings. The molecule has 1 atom stereocenters. The summed E-state index contributed by atoms with van der Waals surface area (Å²) in [5, 5.41) is 0. The SMILES string of the molecule is C=CC[C@@]1(c2ccco2)CCCCC1=O.